The molecule has 0 saturated carbocycles. The van der Waals surface area contributed by atoms with Gasteiger partial charge in [0.15, 0.2) is 0 Å². The molecule has 0 spiro atoms. The fourth-order valence-electron chi connectivity index (χ4n) is 7.58. The molecule has 0 heterocycles. The summed E-state index contributed by atoms with van der Waals surface area (Å²) in [7, 11) is 1.82. The molecule has 0 N–H and O–H groups in total. The molecule has 38 heavy (non-hydrogen) atoms. The third-order valence-electron chi connectivity index (χ3n) is 9.00. The minimum Gasteiger partial charge on any atom is -0.385 e. The first-order valence-corrected chi connectivity index (χ1v) is 14.2. The summed E-state index contributed by atoms with van der Waals surface area (Å²) < 4.78 is 11.5. The minimum absolute atomic E-state index is 0.0953. The second-order valence-electron chi connectivity index (χ2n) is 10.9. The molecule has 2 heteroatoms. The molecule has 0 bridgehead atoms. The van der Waals surface area contributed by atoms with E-state index in [9.17, 15) is 0 Å². The topological polar surface area (TPSA) is 18.5 Å². The fourth-order valence-corrected chi connectivity index (χ4v) is 7.58. The van der Waals surface area contributed by atoms with Crippen molar-refractivity contribution in [3.8, 4) is 22.3 Å². The van der Waals surface area contributed by atoms with Crippen LogP contribution in [0.25, 0.3) is 22.3 Å². The molecule has 0 atom stereocenters. The highest BCUT2D eigenvalue weighted by atomic mass is 16.5. The van der Waals surface area contributed by atoms with Gasteiger partial charge in [0.25, 0.3) is 0 Å². The third kappa shape index (κ3) is 3.94. The van der Waals surface area contributed by atoms with Gasteiger partial charge in [0.2, 0.25) is 0 Å². The monoisotopic (exact) mass is 502 g/mol. The normalized spacial score (nSPS) is 15.5. The zero-order chi connectivity index (χ0) is 26.0. The van der Waals surface area contributed by atoms with Crippen LogP contribution in [-0.2, 0) is 20.3 Å². The van der Waals surface area contributed by atoms with Crippen molar-refractivity contribution in [3.05, 3.63) is 119 Å². The lowest BCUT2D eigenvalue weighted by atomic mass is 9.60. The Morgan fingerprint density at radius 2 is 0.895 bits per heavy atom. The van der Waals surface area contributed by atoms with Crippen molar-refractivity contribution in [1.29, 1.82) is 0 Å². The second kappa shape index (κ2) is 10.5. The highest BCUT2D eigenvalue weighted by molar-refractivity contribution is 5.84. The van der Waals surface area contributed by atoms with Gasteiger partial charge < -0.3 is 9.47 Å². The van der Waals surface area contributed by atoms with Gasteiger partial charge in [-0.1, -0.05) is 97.1 Å². The van der Waals surface area contributed by atoms with Crippen LogP contribution in [0.5, 0.6) is 0 Å². The number of rotatable bonds is 11. The van der Waals surface area contributed by atoms with Crippen molar-refractivity contribution in [2.24, 2.45) is 0 Å². The van der Waals surface area contributed by atoms with E-state index in [4.69, 9.17) is 9.47 Å². The third-order valence-corrected chi connectivity index (χ3v) is 9.00. The van der Waals surface area contributed by atoms with Gasteiger partial charge >= 0.3 is 0 Å². The average Bonchev–Trinajstić information content (AvgIpc) is 3.40. The van der Waals surface area contributed by atoms with E-state index in [0.29, 0.717) is 0 Å². The van der Waals surface area contributed by atoms with Gasteiger partial charge in [0.05, 0.1) is 0 Å². The maximum atomic E-state index is 5.88. The Morgan fingerprint density at radius 3 is 1.26 bits per heavy atom. The van der Waals surface area contributed by atoms with Crippen LogP contribution in [0.4, 0.5) is 0 Å². The molecule has 4 aromatic carbocycles. The summed E-state index contributed by atoms with van der Waals surface area (Å²) in [5, 5.41) is 0. The molecule has 0 unspecified atom stereocenters. The van der Waals surface area contributed by atoms with Crippen LogP contribution in [0.15, 0.2) is 97.1 Å². The van der Waals surface area contributed by atoms with E-state index >= 15 is 0 Å². The first kappa shape index (κ1) is 25.1. The number of fused-ring (bicyclic) bond motifs is 6. The lowest BCUT2D eigenvalue weighted by Crippen LogP contribution is -2.38. The van der Waals surface area contributed by atoms with E-state index < -0.39 is 0 Å². The van der Waals surface area contributed by atoms with Crippen molar-refractivity contribution >= 4 is 0 Å². The smallest absolute Gasteiger partial charge is 0.0466 e. The Balaban J connectivity index is 1.58. The highest BCUT2D eigenvalue weighted by Crippen LogP contribution is 2.62. The molecule has 0 saturated heterocycles. The van der Waals surface area contributed by atoms with Crippen LogP contribution >= 0.6 is 0 Å². The Hall–Kier alpha value is -3.20. The molecule has 0 aromatic heterocycles. The summed E-state index contributed by atoms with van der Waals surface area (Å²) >= 11 is 0. The van der Waals surface area contributed by atoms with Gasteiger partial charge in [-0.2, -0.15) is 0 Å². The van der Waals surface area contributed by atoms with Gasteiger partial charge in [-0.3, -0.25) is 0 Å². The zero-order valence-corrected chi connectivity index (χ0v) is 22.7. The van der Waals surface area contributed by atoms with E-state index in [1.54, 1.807) is 0 Å². The zero-order valence-electron chi connectivity index (χ0n) is 22.7. The summed E-state index contributed by atoms with van der Waals surface area (Å²) in [5.41, 5.74) is 11.3. The van der Waals surface area contributed by atoms with Crippen molar-refractivity contribution < 1.29 is 9.47 Å². The van der Waals surface area contributed by atoms with Gasteiger partial charge in [-0.05, 0) is 83.5 Å². The van der Waals surface area contributed by atoms with E-state index in [1.165, 1.54) is 44.5 Å². The quantitative estimate of drug-likeness (QED) is 0.191. The maximum Gasteiger partial charge on any atom is 0.0466 e. The van der Waals surface area contributed by atoms with Crippen molar-refractivity contribution in [1.82, 2.24) is 0 Å². The number of methoxy groups -OCH3 is 1. The maximum absolute atomic E-state index is 5.88. The van der Waals surface area contributed by atoms with Crippen LogP contribution in [-0.4, -0.2) is 26.9 Å². The Labute approximate surface area is 227 Å². The predicted octanol–water partition coefficient (Wildman–Crippen LogP) is 8.55. The van der Waals surface area contributed by atoms with Crippen LogP contribution in [0.2, 0.25) is 0 Å². The molecule has 2 aliphatic carbocycles. The molecular formula is C36H38O2. The van der Waals surface area contributed by atoms with E-state index in [0.717, 1.165) is 51.9 Å². The first-order chi connectivity index (χ1) is 18.7. The Bertz CT molecular complexity index is 1330. The standard InChI is InChI=1S/C36H38O2/c1-3-38-25-13-23-36(33-20-10-6-16-29(33)30-17-7-11-21-34(30)36)26-35(22-12-24-37-2)31-18-8-4-14-27(31)28-15-5-9-19-32(28)35/h4-11,14-21H,3,12-13,22-26H2,1-2H3. The number of benzene rings is 4. The Kier molecular flexibility index (Phi) is 6.95. The van der Waals surface area contributed by atoms with Crippen LogP contribution in [0.3, 0.4) is 0 Å². The molecule has 0 fully saturated rings. The van der Waals surface area contributed by atoms with Gasteiger partial charge in [0, 0.05) is 37.8 Å². The molecule has 6 rings (SSSR count). The summed E-state index contributed by atoms with van der Waals surface area (Å²) in [6.45, 7) is 4.43. The van der Waals surface area contributed by atoms with E-state index in [2.05, 4.69) is 104 Å². The van der Waals surface area contributed by atoms with Gasteiger partial charge in [-0.15, -0.1) is 0 Å². The lowest BCUT2D eigenvalue weighted by molar-refractivity contribution is 0.136. The number of hydrogen-bond donors (Lipinski definition) is 0. The van der Waals surface area contributed by atoms with Crippen molar-refractivity contribution in [2.45, 2.75) is 49.9 Å². The van der Waals surface area contributed by atoms with Gasteiger partial charge in [0.1, 0.15) is 0 Å². The van der Waals surface area contributed by atoms with E-state index in [-0.39, 0.29) is 10.8 Å². The summed E-state index contributed by atoms with van der Waals surface area (Å²) in [5.74, 6) is 0. The molecule has 194 valence electrons. The van der Waals surface area contributed by atoms with E-state index in [1.807, 2.05) is 7.11 Å². The fraction of sp³-hybridized carbons (Fsp3) is 0.333. The van der Waals surface area contributed by atoms with Crippen LogP contribution < -0.4 is 0 Å². The molecule has 4 aromatic rings. The molecular weight excluding hydrogens is 464 g/mol. The predicted molar refractivity (Wildman–Crippen MR) is 157 cm³/mol. The number of hydrogen-bond acceptors (Lipinski definition) is 2. The van der Waals surface area contributed by atoms with Crippen LogP contribution in [0, 0.1) is 0 Å². The van der Waals surface area contributed by atoms with Crippen molar-refractivity contribution in [3.63, 3.8) is 0 Å². The minimum atomic E-state index is -0.0953. The highest BCUT2D eigenvalue weighted by Gasteiger charge is 2.52. The van der Waals surface area contributed by atoms with Crippen LogP contribution in [0.1, 0.15) is 61.3 Å². The SMILES string of the molecule is CCOCCCC1(CC2(CCCOC)c3ccccc3-c3ccccc32)c2ccccc2-c2ccccc21. The Morgan fingerprint density at radius 1 is 0.526 bits per heavy atom. The largest absolute Gasteiger partial charge is 0.385 e. The van der Waals surface area contributed by atoms with Gasteiger partial charge in [-0.25, -0.2) is 0 Å². The average molecular weight is 503 g/mol. The summed E-state index contributed by atoms with van der Waals surface area (Å²) in [6, 6.07) is 36.6. The second-order valence-corrected chi connectivity index (χ2v) is 10.9. The first-order valence-electron chi connectivity index (χ1n) is 14.2. The molecule has 0 radical (unpaired) electrons. The molecule has 0 aliphatic heterocycles. The molecule has 2 aliphatic rings. The molecule has 0 amide bonds. The van der Waals surface area contributed by atoms with Crippen molar-refractivity contribution in [2.75, 3.05) is 26.9 Å². The molecule has 2 nitrogen and oxygen atoms in total. The number of ether oxygens (including phenoxy) is 2. The summed E-state index contributed by atoms with van der Waals surface area (Å²) in [6.07, 6.45) is 5.23. The lowest BCUT2D eigenvalue weighted by Gasteiger charge is -2.43. The summed E-state index contributed by atoms with van der Waals surface area (Å²) in [4.78, 5) is 0.